The van der Waals surface area contributed by atoms with Crippen LogP contribution in [0, 0.1) is 29.6 Å². The number of amides is 2. The number of carbonyl (C=O) groups excluding carboxylic acids is 3. The van der Waals surface area contributed by atoms with E-state index in [1.807, 2.05) is 49.9 Å². The number of nitrogens with zero attached hydrogens (tertiary/aromatic N) is 1. The normalized spacial score (nSPS) is 19.5. The van der Waals surface area contributed by atoms with E-state index in [1.54, 1.807) is 18.2 Å². The predicted octanol–water partition coefficient (Wildman–Crippen LogP) is 3.03. The van der Waals surface area contributed by atoms with Crippen molar-refractivity contribution in [2.45, 2.75) is 46.1 Å². The first-order valence-electron chi connectivity index (χ1n) is 12.1. The number of benzene rings is 1. The van der Waals surface area contributed by atoms with Crippen molar-refractivity contribution >= 4 is 24.1 Å². The molecule has 0 bridgehead atoms. The Morgan fingerprint density at radius 2 is 2.03 bits per heavy atom. The molecule has 4 N–H and O–H groups in total. The highest BCUT2D eigenvalue weighted by Gasteiger charge is 2.42. The van der Waals surface area contributed by atoms with Crippen LogP contribution in [0.5, 0.6) is 0 Å². The first-order chi connectivity index (χ1) is 16.6. The van der Waals surface area contributed by atoms with Gasteiger partial charge in [0.25, 0.3) is 6.47 Å². The molecule has 3 rings (SSSR count). The van der Waals surface area contributed by atoms with Crippen molar-refractivity contribution in [2.75, 3.05) is 19.7 Å². The molecule has 8 nitrogen and oxygen atoms in total. The number of amidine groups is 1. The summed E-state index contributed by atoms with van der Waals surface area (Å²) in [4.78, 5) is 39.4. The number of nitrogens with two attached hydrogens (primary N) is 1. The van der Waals surface area contributed by atoms with Crippen molar-refractivity contribution in [3.05, 3.63) is 59.2 Å². The van der Waals surface area contributed by atoms with Gasteiger partial charge >= 0.3 is 0 Å². The molecule has 1 aromatic carbocycles. The van der Waals surface area contributed by atoms with E-state index < -0.39 is 17.4 Å². The number of carbonyl (C=O) groups is 3. The molecule has 0 radical (unpaired) electrons. The zero-order chi connectivity index (χ0) is 25.6. The second-order valence-corrected chi connectivity index (χ2v) is 10.0. The molecule has 0 saturated carbocycles. The number of ether oxygens (including phenoxy) is 1. The van der Waals surface area contributed by atoms with E-state index >= 15 is 0 Å². The van der Waals surface area contributed by atoms with Gasteiger partial charge in [-0.2, -0.15) is 0 Å². The van der Waals surface area contributed by atoms with Gasteiger partial charge in [0.1, 0.15) is 5.84 Å². The monoisotopic (exact) mass is 480 g/mol. The van der Waals surface area contributed by atoms with Gasteiger partial charge in [-0.05, 0) is 51.5 Å². The molecule has 1 saturated heterocycles. The first-order valence-corrected chi connectivity index (χ1v) is 12.1. The Balaban J connectivity index is 1.78. The number of hydrogen-bond donors (Lipinski definition) is 3. The fourth-order valence-electron chi connectivity index (χ4n) is 4.80. The summed E-state index contributed by atoms with van der Waals surface area (Å²) in [5.74, 6) is -0.351. The van der Waals surface area contributed by atoms with E-state index in [-0.39, 0.29) is 23.6 Å². The van der Waals surface area contributed by atoms with Crippen LogP contribution < -0.4 is 11.1 Å². The van der Waals surface area contributed by atoms with E-state index in [0.717, 1.165) is 24.0 Å². The lowest BCUT2D eigenvalue weighted by molar-refractivity contribution is -0.145. The van der Waals surface area contributed by atoms with E-state index in [1.165, 1.54) is 0 Å². The highest BCUT2D eigenvalue weighted by molar-refractivity contribution is 5.98. The van der Waals surface area contributed by atoms with Crippen LogP contribution in [0.15, 0.2) is 48.1 Å². The van der Waals surface area contributed by atoms with E-state index in [2.05, 4.69) is 5.32 Å². The summed E-state index contributed by atoms with van der Waals surface area (Å²) < 4.78 is 4.90. The van der Waals surface area contributed by atoms with Crippen molar-refractivity contribution in [3.8, 4) is 0 Å². The Morgan fingerprint density at radius 3 is 2.60 bits per heavy atom. The molecule has 1 aliphatic heterocycles. The lowest BCUT2D eigenvalue weighted by Gasteiger charge is -2.41. The van der Waals surface area contributed by atoms with Gasteiger partial charge in [0.05, 0.1) is 24.0 Å². The van der Waals surface area contributed by atoms with Gasteiger partial charge in [0, 0.05) is 18.7 Å². The number of likely N-dealkylation sites (tertiary alicyclic amines) is 1. The second-order valence-electron chi connectivity index (χ2n) is 10.0. The Hall–Kier alpha value is -3.42. The molecule has 2 amide bonds. The fourth-order valence-corrected chi connectivity index (χ4v) is 4.80. The third kappa shape index (κ3) is 6.38. The first kappa shape index (κ1) is 26.2. The zero-order valence-electron chi connectivity index (χ0n) is 20.8. The summed E-state index contributed by atoms with van der Waals surface area (Å²) >= 11 is 0. The molecule has 1 fully saturated rings. The predicted molar refractivity (Wildman–Crippen MR) is 134 cm³/mol. The number of nitrogens with one attached hydrogen (secondary N) is 2. The summed E-state index contributed by atoms with van der Waals surface area (Å²) in [6.07, 6.45) is 7.25. The van der Waals surface area contributed by atoms with Crippen LogP contribution >= 0.6 is 0 Å². The number of allylic oxidation sites excluding steroid dienone is 1. The lowest BCUT2D eigenvalue weighted by atomic mass is 9.77. The van der Waals surface area contributed by atoms with Crippen molar-refractivity contribution in [3.63, 3.8) is 0 Å². The molecule has 2 unspecified atom stereocenters. The van der Waals surface area contributed by atoms with Crippen LogP contribution in [-0.4, -0.2) is 48.7 Å². The standard InChI is InChI=1S/C27H36N4O4/c1-18-5-4-6-22(15-18)23(30-25(33)21-9-7-20(8-10-21)24(28)29)27(2,3)26(34)31-13-11-19(12-14-31)16-35-17-32/h4-9,15,17,19,21,23H,10-14,16H2,1-3H3,(H3,28,29)(H,30,33). The molecule has 0 aromatic heterocycles. The highest BCUT2D eigenvalue weighted by atomic mass is 16.5. The Labute approximate surface area is 207 Å². The average Bonchev–Trinajstić information content (AvgIpc) is 2.85. The maximum absolute atomic E-state index is 13.7. The third-order valence-corrected chi connectivity index (χ3v) is 6.98. The largest absolute Gasteiger partial charge is 0.468 e. The van der Waals surface area contributed by atoms with Crippen molar-refractivity contribution in [1.29, 1.82) is 5.41 Å². The smallest absolute Gasteiger partial charge is 0.293 e. The maximum atomic E-state index is 13.7. The van der Waals surface area contributed by atoms with E-state index in [9.17, 15) is 14.4 Å². The third-order valence-electron chi connectivity index (χ3n) is 6.98. The number of aryl methyl sites for hydroxylation is 1. The minimum absolute atomic E-state index is 0.0167. The minimum atomic E-state index is -0.894. The fraction of sp³-hybridized carbons (Fsp3) is 0.481. The molecule has 8 heteroatoms. The maximum Gasteiger partial charge on any atom is 0.293 e. The SMILES string of the molecule is Cc1cccc(C(NC(=O)C2C=CC(C(=N)N)=CC2)C(C)(C)C(=O)N2CCC(COC=O)CC2)c1. The summed E-state index contributed by atoms with van der Waals surface area (Å²) in [5.41, 5.74) is 7.20. The molecule has 0 spiro atoms. The summed E-state index contributed by atoms with van der Waals surface area (Å²) in [7, 11) is 0. The van der Waals surface area contributed by atoms with Crippen molar-refractivity contribution in [2.24, 2.45) is 23.0 Å². The zero-order valence-corrected chi connectivity index (χ0v) is 20.8. The lowest BCUT2D eigenvalue weighted by Crippen LogP contribution is -2.51. The number of piperidine rings is 1. The van der Waals surface area contributed by atoms with Crippen LogP contribution in [0.1, 0.15) is 50.3 Å². The molecule has 2 atom stereocenters. The summed E-state index contributed by atoms with van der Waals surface area (Å²) in [5, 5.41) is 10.7. The van der Waals surface area contributed by atoms with Gasteiger partial charge in [-0.1, -0.05) is 48.1 Å². The van der Waals surface area contributed by atoms with Gasteiger partial charge in [-0.3, -0.25) is 19.8 Å². The summed E-state index contributed by atoms with van der Waals surface area (Å²) in [6.45, 7) is 7.78. The molecule has 1 aliphatic carbocycles. The van der Waals surface area contributed by atoms with E-state index in [4.69, 9.17) is 15.9 Å². The van der Waals surface area contributed by atoms with Gasteiger partial charge in [0.15, 0.2) is 0 Å². The number of rotatable bonds is 9. The molecular weight excluding hydrogens is 444 g/mol. The molecule has 1 aromatic rings. The second kappa shape index (κ2) is 11.3. The minimum Gasteiger partial charge on any atom is -0.468 e. The Morgan fingerprint density at radius 1 is 1.31 bits per heavy atom. The molecule has 2 aliphatic rings. The Kier molecular flexibility index (Phi) is 8.48. The van der Waals surface area contributed by atoms with Crippen LogP contribution in [0.3, 0.4) is 0 Å². The van der Waals surface area contributed by atoms with Crippen LogP contribution in [0.4, 0.5) is 0 Å². The van der Waals surface area contributed by atoms with Crippen molar-refractivity contribution in [1.82, 2.24) is 10.2 Å². The van der Waals surface area contributed by atoms with Gasteiger partial charge in [0.2, 0.25) is 11.8 Å². The molecular formula is C27H36N4O4. The van der Waals surface area contributed by atoms with Gasteiger partial charge in [-0.15, -0.1) is 0 Å². The summed E-state index contributed by atoms with van der Waals surface area (Å²) in [6, 6.07) is 7.35. The Bertz CT molecular complexity index is 1020. The quantitative estimate of drug-likeness (QED) is 0.285. The highest BCUT2D eigenvalue weighted by Crippen LogP contribution is 2.37. The molecule has 1 heterocycles. The molecule has 188 valence electrons. The van der Waals surface area contributed by atoms with Gasteiger partial charge < -0.3 is 20.7 Å². The van der Waals surface area contributed by atoms with Crippen LogP contribution in [-0.2, 0) is 19.1 Å². The topological polar surface area (TPSA) is 126 Å². The van der Waals surface area contributed by atoms with Crippen molar-refractivity contribution < 1.29 is 19.1 Å². The van der Waals surface area contributed by atoms with E-state index in [0.29, 0.717) is 38.2 Å². The van der Waals surface area contributed by atoms with Crippen LogP contribution in [0.2, 0.25) is 0 Å². The number of hydrogen-bond acceptors (Lipinski definition) is 5. The van der Waals surface area contributed by atoms with Crippen LogP contribution in [0.25, 0.3) is 0 Å². The van der Waals surface area contributed by atoms with Gasteiger partial charge in [-0.25, -0.2) is 0 Å². The molecule has 35 heavy (non-hydrogen) atoms. The average molecular weight is 481 g/mol.